The zero-order valence-electron chi connectivity index (χ0n) is 16.5. The van der Waals surface area contributed by atoms with Crippen LogP contribution in [0.25, 0.3) is 5.65 Å². The van der Waals surface area contributed by atoms with Crippen LogP contribution in [-0.2, 0) is 22.5 Å². The van der Waals surface area contributed by atoms with Gasteiger partial charge in [0.1, 0.15) is 5.65 Å². The Balaban J connectivity index is 1.52. The fourth-order valence-corrected chi connectivity index (χ4v) is 3.59. The Morgan fingerprint density at radius 3 is 2.66 bits per heavy atom. The molecule has 4 heterocycles. The molecule has 0 amide bonds. The summed E-state index contributed by atoms with van der Waals surface area (Å²) in [6.45, 7) is 6.27. The second kappa shape index (κ2) is 8.44. The quantitative estimate of drug-likeness (QED) is 0.620. The lowest BCUT2D eigenvalue weighted by atomic mass is 10.2. The molecule has 1 aliphatic heterocycles. The van der Waals surface area contributed by atoms with Gasteiger partial charge >= 0.3 is 5.97 Å². The van der Waals surface area contributed by atoms with Gasteiger partial charge < -0.3 is 19.8 Å². The van der Waals surface area contributed by atoms with Crippen LogP contribution in [0.2, 0.25) is 0 Å². The minimum Gasteiger partial charge on any atom is -0.466 e. The third-order valence-electron chi connectivity index (χ3n) is 5.02. The van der Waals surface area contributed by atoms with Gasteiger partial charge in [0.15, 0.2) is 0 Å². The number of aromatic nitrogens is 4. The van der Waals surface area contributed by atoms with E-state index in [2.05, 4.69) is 24.8 Å². The predicted octanol–water partition coefficient (Wildman–Crippen LogP) is 1.13. The van der Waals surface area contributed by atoms with E-state index in [0.717, 1.165) is 49.2 Å². The average Bonchev–Trinajstić information content (AvgIpc) is 3.05. The molecule has 1 aliphatic rings. The molecule has 1 fully saturated rings. The number of nitrogens with two attached hydrogens (primary N) is 1. The number of esters is 1. The average molecular weight is 395 g/mol. The van der Waals surface area contributed by atoms with Crippen LogP contribution in [-0.4, -0.2) is 63.0 Å². The zero-order valence-corrected chi connectivity index (χ0v) is 16.5. The molecule has 3 aromatic rings. The fraction of sp³-hybridized carbons (Fsp3) is 0.400. The Bertz CT molecular complexity index is 981. The van der Waals surface area contributed by atoms with Crippen molar-refractivity contribution < 1.29 is 9.53 Å². The summed E-state index contributed by atoms with van der Waals surface area (Å²) in [5.41, 5.74) is 9.15. The predicted molar refractivity (Wildman–Crippen MR) is 109 cm³/mol. The third kappa shape index (κ3) is 4.29. The van der Waals surface area contributed by atoms with Crippen molar-refractivity contribution in [1.29, 1.82) is 0 Å². The number of piperazine rings is 1. The van der Waals surface area contributed by atoms with E-state index in [9.17, 15) is 4.79 Å². The first-order chi connectivity index (χ1) is 14.1. The number of rotatable bonds is 6. The van der Waals surface area contributed by atoms with Crippen molar-refractivity contribution in [3.8, 4) is 0 Å². The van der Waals surface area contributed by atoms with Crippen LogP contribution in [0.3, 0.4) is 0 Å². The van der Waals surface area contributed by atoms with Crippen LogP contribution in [0, 0.1) is 0 Å². The Labute approximate surface area is 169 Å². The molecular formula is C20H25N7O2. The summed E-state index contributed by atoms with van der Waals surface area (Å²) < 4.78 is 7.11. The van der Waals surface area contributed by atoms with E-state index in [-0.39, 0.29) is 12.4 Å². The third-order valence-corrected chi connectivity index (χ3v) is 5.02. The molecule has 4 rings (SSSR count). The number of hydrogen-bond acceptors (Lipinski definition) is 8. The summed E-state index contributed by atoms with van der Waals surface area (Å²) in [5, 5.41) is 0. The van der Waals surface area contributed by atoms with E-state index >= 15 is 0 Å². The zero-order chi connectivity index (χ0) is 20.2. The highest BCUT2D eigenvalue weighted by atomic mass is 16.5. The summed E-state index contributed by atoms with van der Waals surface area (Å²) >= 11 is 0. The molecular weight excluding hydrogens is 370 g/mol. The number of anilines is 2. The fourth-order valence-electron chi connectivity index (χ4n) is 3.59. The van der Waals surface area contributed by atoms with Gasteiger partial charge in [-0.3, -0.25) is 9.69 Å². The first-order valence-electron chi connectivity index (χ1n) is 9.79. The monoisotopic (exact) mass is 395 g/mol. The second-order valence-electron chi connectivity index (χ2n) is 6.99. The van der Waals surface area contributed by atoms with Gasteiger partial charge in [-0.1, -0.05) is 0 Å². The lowest BCUT2D eigenvalue weighted by Gasteiger charge is -2.34. The van der Waals surface area contributed by atoms with Crippen molar-refractivity contribution in [3.63, 3.8) is 0 Å². The van der Waals surface area contributed by atoms with Gasteiger partial charge in [0.05, 0.1) is 24.4 Å². The second-order valence-corrected chi connectivity index (χ2v) is 6.99. The number of carbonyl (C=O) groups excluding carboxylic acids is 1. The first-order valence-corrected chi connectivity index (χ1v) is 9.79. The van der Waals surface area contributed by atoms with Crippen molar-refractivity contribution in [2.75, 3.05) is 43.4 Å². The van der Waals surface area contributed by atoms with E-state index in [1.54, 1.807) is 19.3 Å². The summed E-state index contributed by atoms with van der Waals surface area (Å²) in [6, 6.07) is 5.51. The minimum absolute atomic E-state index is 0.155. The van der Waals surface area contributed by atoms with Gasteiger partial charge in [-0.25, -0.2) is 15.0 Å². The lowest BCUT2D eigenvalue weighted by molar-refractivity contribution is -0.142. The normalized spacial score (nSPS) is 15.0. The van der Waals surface area contributed by atoms with E-state index in [0.29, 0.717) is 18.8 Å². The van der Waals surface area contributed by atoms with Crippen molar-refractivity contribution in [2.24, 2.45) is 0 Å². The Morgan fingerprint density at radius 1 is 1.17 bits per heavy atom. The van der Waals surface area contributed by atoms with E-state index in [1.165, 1.54) is 0 Å². The number of ether oxygens (including phenoxy) is 1. The first kappa shape index (κ1) is 19.1. The Hall–Kier alpha value is -3.20. The molecule has 0 aromatic carbocycles. The van der Waals surface area contributed by atoms with Crippen LogP contribution in [0.4, 0.5) is 11.6 Å². The molecule has 2 N–H and O–H groups in total. The molecule has 0 bridgehead atoms. The van der Waals surface area contributed by atoms with Crippen molar-refractivity contribution in [3.05, 3.63) is 48.2 Å². The molecule has 9 nitrogen and oxygen atoms in total. The van der Waals surface area contributed by atoms with Gasteiger partial charge in [-0.05, 0) is 25.1 Å². The summed E-state index contributed by atoms with van der Waals surface area (Å²) in [4.78, 5) is 29.9. The highest BCUT2D eigenvalue weighted by molar-refractivity contribution is 5.73. The summed E-state index contributed by atoms with van der Waals surface area (Å²) in [6.07, 6.45) is 5.54. The maximum atomic E-state index is 12.1. The molecule has 152 valence electrons. The van der Waals surface area contributed by atoms with Crippen LogP contribution in [0.15, 0.2) is 36.8 Å². The van der Waals surface area contributed by atoms with Gasteiger partial charge in [-0.15, -0.1) is 0 Å². The molecule has 3 aromatic heterocycles. The number of carbonyl (C=O) groups is 1. The maximum Gasteiger partial charge on any atom is 0.311 e. The number of nitrogens with zero attached hydrogens (tertiary/aromatic N) is 6. The minimum atomic E-state index is -0.267. The smallest absolute Gasteiger partial charge is 0.311 e. The van der Waals surface area contributed by atoms with Crippen molar-refractivity contribution in [2.45, 2.75) is 19.9 Å². The van der Waals surface area contributed by atoms with E-state index in [4.69, 9.17) is 10.5 Å². The van der Waals surface area contributed by atoms with Crippen LogP contribution in [0.5, 0.6) is 0 Å². The van der Waals surface area contributed by atoms with Crippen LogP contribution < -0.4 is 10.6 Å². The van der Waals surface area contributed by atoms with Crippen LogP contribution >= 0.6 is 0 Å². The highest BCUT2D eigenvalue weighted by Gasteiger charge is 2.23. The van der Waals surface area contributed by atoms with Crippen molar-refractivity contribution in [1.82, 2.24) is 24.3 Å². The molecule has 1 saturated heterocycles. The highest BCUT2D eigenvalue weighted by Crippen LogP contribution is 2.20. The molecule has 29 heavy (non-hydrogen) atoms. The number of pyridine rings is 1. The standard InChI is InChI=1S/C20H25N7O2/c1-2-29-19(28)12-16-17(27-13-15(21)4-5-18(27)24-16)14-25-8-10-26(11-9-25)20-22-6-3-7-23-20/h3-7,13H,2,8-12,14,21H2,1H3. The maximum absolute atomic E-state index is 12.1. The number of nitrogen functional groups attached to an aromatic ring is 1. The topological polar surface area (TPSA) is 102 Å². The van der Waals surface area contributed by atoms with E-state index < -0.39 is 0 Å². The Morgan fingerprint density at radius 2 is 1.93 bits per heavy atom. The molecule has 0 unspecified atom stereocenters. The van der Waals surface area contributed by atoms with Gasteiger partial charge in [0.2, 0.25) is 5.95 Å². The van der Waals surface area contributed by atoms with Crippen molar-refractivity contribution >= 4 is 23.3 Å². The molecule has 0 saturated carbocycles. The lowest BCUT2D eigenvalue weighted by Crippen LogP contribution is -2.46. The number of hydrogen-bond donors (Lipinski definition) is 1. The molecule has 0 atom stereocenters. The van der Waals surface area contributed by atoms with Crippen LogP contribution in [0.1, 0.15) is 18.3 Å². The summed E-state index contributed by atoms with van der Waals surface area (Å²) in [7, 11) is 0. The molecule has 9 heteroatoms. The molecule has 0 aliphatic carbocycles. The molecule has 0 radical (unpaired) electrons. The van der Waals surface area contributed by atoms with Gasteiger partial charge in [0.25, 0.3) is 0 Å². The number of fused-ring (bicyclic) bond motifs is 1. The molecule has 0 spiro atoms. The van der Waals surface area contributed by atoms with E-state index in [1.807, 2.05) is 28.8 Å². The summed E-state index contributed by atoms with van der Waals surface area (Å²) in [5.74, 6) is 0.494. The van der Waals surface area contributed by atoms with Gasteiger partial charge in [-0.2, -0.15) is 0 Å². The largest absolute Gasteiger partial charge is 0.466 e. The number of imidazole rings is 1. The SMILES string of the molecule is CCOC(=O)Cc1nc2ccc(N)cn2c1CN1CCN(c2ncccn2)CC1. The Kier molecular flexibility index (Phi) is 5.57. The van der Waals surface area contributed by atoms with Gasteiger partial charge in [0, 0.05) is 57.0 Å².